The molecule has 0 unspecified atom stereocenters. The molecule has 0 saturated carbocycles. The number of rotatable bonds is 3. The first-order valence-electron chi connectivity index (χ1n) is 9.80. The van der Waals surface area contributed by atoms with E-state index >= 15 is 0 Å². The lowest BCUT2D eigenvalue weighted by molar-refractivity contribution is 0.254. The van der Waals surface area contributed by atoms with Crippen LogP contribution in [0.1, 0.15) is 19.0 Å². The van der Waals surface area contributed by atoms with E-state index in [-0.39, 0.29) is 12.1 Å². The maximum atomic E-state index is 13.1. The number of carbonyl (C=O) groups is 1. The monoisotopic (exact) mass is 387 g/mol. The molecule has 2 aliphatic heterocycles. The minimum absolute atomic E-state index is 0.0885. The fourth-order valence-corrected chi connectivity index (χ4v) is 4.00. The molecular formula is C21H21N7O. The van der Waals surface area contributed by atoms with Gasteiger partial charge in [-0.05, 0) is 37.1 Å². The standard InChI is InChI=1S/C21H21N7O/c1-2-15-11-14(5-7-23-15)17-3-4-18-20(25-17)28(16-6-10-27(18)13-16)21(29)26-19-12-22-8-9-24-19/h3-5,7-9,11-12,16H,2,6,10,13H2,1H3,(H,24,26,29)/t16-/m0/s1. The summed E-state index contributed by atoms with van der Waals surface area (Å²) in [5, 5.41) is 2.86. The molecule has 5 rings (SSSR count). The molecule has 0 aliphatic carbocycles. The number of amides is 2. The summed E-state index contributed by atoms with van der Waals surface area (Å²) >= 11 is 0. The Morgan fingerprint density at radius 2 is 2.14 bits per heavy atom. The lowest BCUT2D eigenvalue weighted by Gasteiger charge is -2.35. The topological polar surface area (TPSA) is 87.1 Å². The van der Waals surface area contributed by atoms with Gasteiger partial charge in [-0.3, -0.25) is 20.2 Å². The van der Waals surface area contributed by atoms with E-state index in [2.05, 4.69) is 44.2 Å². The Kier molecular flexibility index (Phi) is 4.31. The number of nitrogens with zero attached hydrogens (tertiary/aromatic N) is 6. The van der Waals surface area contributed by atoms with Gasteiger partial charge in [-0.2, -0.15) is 0 Å². The van der Waals surface area contributed by atoms with Crippen molar-refractivity contribution >= 4 is 23.4 Å². The van der Waals surface area contributed by atoms with E-state index in [1.807, 2.05) is 12.1 Å². The summed E-state index contributed by atoms with van der Waals surface area (Å²) in [5.74, 6) is 1.12. The minimum Gasteiger partial charge on any atom is -0.366 e. The van der Waals surface area contributed by atoms with Crippen LogP contribution < -0.4 is 15.1 Å². The number of aryl methyl sites for hydroxylation is 1. The average molecular weight is 387 g/mol. The number of hydrogen-bond acceptors (Lipinski definition) is 6. The first-order chi connectivity index (χ1) is 14.2. The van der Waals surface area contributed by atoms with Gasteiger partial charge < -0.3 is 4.90 Å². The predicted molar refractivity (Wildman–Crippen MR) is 111 cm³/mol. The molecule has 3 aromatic heterocycles. The highest BCUT2D eigenvalue weighted by molar-refractivity contribution is 6.04. The van der Waals surface area contributed by atoms with Crippen LogP contribution in [0.25, 0.3) is 11.3 Å². The molecule has 29 heavy (non-hydrogen) atoms. The summed E-state index contributed by atoms with van der Waals surface area (Å²) in [6.45, 7) is 3.82. The van der Waals surface area contributed by atoms with Crippen molar-refractivity contribution < 1.29 is 4.79 Å². The van der Waals surface area contributed by atoms with Crippen LogP contribution in [0.15, 0.2) is 49.1 Å². The van der Waals surface area contributed by atoms with Crippen LogP contribution in [0.3, 0.4) is 0 Å². The highest BCUT2D eigenvalue weighted by Gasteiger charge is 2.40. The van der Waals surface area contributed by atoms with E-state index in [0.717, 1.165) is 48.6 Å². The smallest absolute Gasteiger partial charge is 0.329 e. The number of nitrogens with one attached hydrogen (secondary N) is 1. The van der Waals surface area contributed by atoms with Crippen molar-refractivity contribution in [2.24, 2.45) is 0 Å². The minimum atomic E-state index is -0.230. The largest absolute Gasteiger partial charge is 0.366 e. The summed E-state index contributed by atoms with van der Waals surface area (Å²) in [7, 11) is 0. The van der Waals surface area contributed by atoms with Crippen LogP contribution in [0.4, 0.5) is 22.1 Å². The Morgan fingerprint density at radius 3 is 2.97 bits per heavy atom. The van der Waals surface area contributed by atoms with E-state index < -0.39 is 0 Å². The summed E-state index contributed by atoms with van der Waals surface area (Å²) < 4.78 is 0. The van der Waals surface area contributed by atoms with Gasteiger partial charge in [-0.1, -0.05) is 6.92 Å². The number of hydrogen-bond donors (Lipinski definition) is 1. The van der Waals surface area contributed by atoms with Crippen molar-refractivity contribution in [3.05, 3.63) is 54.7 Å². The lowest BCUT2D eigenvalue weighted by atomic mass is 10.1. The Morgan fingerprint density at radius 1 is 1.21 bits per heavy atom. The van der Waals surface area contributed by atoms with E-state index in [1.54, 1.807) is 23.5 Å². The second kappa shape index (κ2) is 7.12. The molecule has 2 aliphatic rings. The molecule has 146 valence electrons. The Bertz CT molecular complexity index is 1060. The highest BCUT2D eigenvalue weighted by Crippen LogP contribution is 2.40. The number of anilines is 3. The van der Waals surface area contributed by atoms with Crippen molar-refractivity contribution in [2.45, 2.75) is 25.8 Å². The molecule has 3 aromatic rings. The number of carbonyl (C=O) groups excluding carboxylic acids is 1. The van der Waals surface area contributed by atoms with Crippen molar-refractivity contribution in [3.63, 3.8) is 0 Å². The van der Waals surface area contributed by atoms with Gasteiger partial charge in [0.2, 0.25) is 0 Å². The van der Waals surface area contributed by atoms with Gasteiger partial charge >= 0.3 is 6.03 Å². The second-order valence-electron chi connectivity index (χ2n) is 7.21. The van der Waals surface area contributed by atoms with Crippen molar-refractivity contribution in [1.82, 2.24) is 19.9 Å². The average Bonchev–Trinajstić information content (AvgIpc) is 3.18. The van der Waals surface area contributed by atoms with Gasteiger partial charge in [0.25, 0.3) is 0 Å². The summed E-state index contributed by atoms with van der Waals surface area (Å²) in [5.41, 5.74) is 3.84. The molecule has 8 heteroatoms. The molecule has 1 N–H and O–H groups in total. The van der Waals surface area contributed by atoms with Crippen LogP contribution in [-0.2, 0) is 6.42 Å². The number of urea groups is 1. The maximum absolute atomic E-state index is 13.1. The summed E-state index contributed by atoms with van der Waals surface area (Å²) in [6.07, 6.45) is 8.25. The first-order valence-corrected chi connectivity index (χ1v) is 9.80. The molecule has 1 saturated heterocycles. The zero-order valence-corrected chi connectivity index (χ0v) is 16.1. The molecule has 1 atom stereocenters. The molecule has 2 amide bonds. The SMILES string of the molecule is CCc1cc(-c2ccc3c(n2)N(C(=O)Nc2cnccn2)[C@H]2CCN3C2)ccn1. The van der Waals surface area contributed by atoms with Gasteiger partial charge in [-0.15, -0.1) is 0 Å². The maximum Gasteiger partial charge on any atom is 0.329 e. The van der Waals surface area contributed by atoms with Gasteiger partial charge in [0.15, 0.2) is 11.6 Å². The Balaban J connectivity index is 1.54. The molecule has 5 heterocycles. The molecule has 8 nitrogen and oxygen atoms in total. The van der Waals surface area contributed by atoms with Crippen molar-refractivity contribution in [1.29, 1.82) is 0 Å². The fraction of sp³-hybridized carbons (Fsp3) is 0.286. The number of aromatic nitrogens is 4. The quantitative estimate of drug-likeness (QED) is 0.743. The van der Waals surface area contributed by atoms with Gasteiger partial charge in [0.1, 0.15) is 0 Å². The predicted octanol–water partition coefficient (Wildman–Crippen LogP) is 3.13. The molecule has 2 bridgehead atoms. The third-order valence-electron chi connectivity index (χ3n) is 5.44. The number of fused-ring (bicyclic) bond motifs is 4. The van der Waals surface area contributed by atoms with Crippen molar-refractivity contribution in [2.75, 3.05) is 28.2 Å². The molecule has 0 radical (unpaired) electrons. The van der Waals surface area contributed by atoms with Crippen LogP contribution in [-0.4, -0.2) is 45.1 Å². The zero-order valence-electron chi connectivity index (χ0n) is 16.1. The first kappa shape index (κ1) is 17.5. The fourth-order valence-electron chi connectivity index (χ4n) is 4.00. The number of pyridine rings is 2. The second-order valence-corrected chi connectivity index (χ2v) is 7.21. The van der Waals surface area contributed by atoms with Gasteiger partial charge in [-0.25, -0.2) is 14.8 Å². The molecular weight excluding hydrogens is 366 g/mol. The van der Waals surface area contributed by atoms with E-state index in [4.69, 9.17) is 4.98 Å². The molecule has 0 aromatic carbocycles. The normalized spacial score (nSPS) is 17.2. The van der Waals surface area contributed by atoms with Gasteiger partial charge in [0, 0.05) is 42.9 Å². The van der Waals surface area contributed by atoms with E-state index in [1.165, 1.54) is 6.20 Å². The van der Waals surface area contributed by atoms with E-state index in [9.17, 15) is 4.79 Å². The lowest BCUT2D eigenvalue weighted by Crippen LogP contribution is -2.48. The summed E-state index contributed by atoms with van der Waals surface area (Å²) in [6, 6.07) is 7.95. The highest BCUT2D eigenvalue weighted by atomic mass is 16.2. The van der Waals surface area contributed by atoms with Gasteiger partial charge in [0.05, 0.1) is 23.6 Å². The third kappa shape index (κ3) is 3.16. The van der Waals surface area contributed by atoms with Crippen LogP contribution in [0, 0.1) is 0 Å². The van der Waals surface area contributed by atoms with Crippen LogP contribution >= 0.6 is 0 Å². The molecule has 0 spiro atoms. The van der Waals surface area contributed by atoms with Crippen LogP contribution in [0.5, 0.6) is 0 Å². The Labute approximate surface area is 168 Å². The summed E-state index contributed by atoms with van der Waals surface area (Å²) in [4.78, 5) is 34.7. The zero-order chi connectivity index (χ0) is 19.8. The third-order valence-corrected chi connectivity index (χ3v) is 5.44. The van der Waals surface area contributed by atoms with Crippen molar-refractivity contribution in [3.8, 4) is 11.3 Å². The van der Waals surface area contributed by atoms with Crippen LogP contribution in [0.2, 0.25) is 0 Å². The Hall–Kier alpha value is -3.55. The van der Waals surface area contributed by atoms with E-state index in [0.29, 0.717) is 11.6 Å². The molecule has 1 fully saturated rings.